The molecule has 3 aromatic rings. The molecule has 0 aromatic heterocycles. The van der Waals surface area contributed by atoms with E-state index >= 15 is 0 Å². The van der Waals surface area contributed by atoms with E-state index in [0.29, 0.717) is 0 Å². The van der Waals surface area contributed by atoms with Crippen molar-refractivity contribution >= 4 is 8.60 Å². The fourth-order valence-electron chi connectivity index (χ4n) is 1.89. The zero-order chi connectivity index (χ0) is 17.6. The van der Waals surface area contributed by atoms with Crippen molar-refractivity contribution in [3.8, 4) is 17.2 Å². The fraction of sp³-hybridized carbons (Fsp3) is 0. The number of rotatable bonds is 6. The van der Waals surface area contributed by atoms with Crippen molar-refractivity contribution in [1.29, 1.82) is 0 Å². The summed E-state index contributed by atoms with van der Waals surface area (Å²) < 4.78 is 56.5. The SMILES string of the molecule is Fc1cccc(OP(Oc2cccc(F)c2)Oc2cccc(F)c2)c1. The Bertz CT molecular complexity index is 747. The van der Waals surface area contributed by atoms with Crippen molar-refractivity contribution in [2.75, 3.05) is 0 Å². The predicted molar refractivity (Wildman–Crippen MR) is 88.0 cm³/mol. The highest BCUT2D eigenvalue weighted by atomic mass is 31.2. The quantitative estimate of drug-likeness (QED) is 0.512. The average molecular weight is 364 g/mol. The minimum absolute atomic E-state index is 0.166. The summed E-state index contributed by atoms with van der Waals surface area (Å²) in [4.78, 5) is 0. The molecule has 0 saturated heterocycles. The Kier molecular flexibility index (Phi) is 5.41. The van der Waals surface area contributed by atoms with Crippen LogP contribution < -0.4 is 13.6 Å². The van der Waals surface area contributed by atoms with Gasteiger partial charge in [0.2, 0.25) is 0 Å². The van der Waals surface area contributed by atoms with E-state index in [2.05, 4.69) is 0 Å². The van der Waals surface area contributed by atoms with Gasteiger partial charge in [0, 0.05) is 18.2 Å². The lowest BCUT2D eigenvalue weighted by Crippen LogP contribution is -2.02. The molecule has 7 heteroatoms. The monoisotopic (exact) mass is 364 g/mol. The molecule has 0 N–H and O–H groups in total. The van der Waals surface area contributed by atoms with Crippen molar-refractivity contribution in [2.24, 2.45) is 0 Å². The van der Waals surface area contributed by atoms with Gasteiger partial charge in [-0.25, -0.2) is 13.2 Å². The normalized spacial score (nSPS) is 10.6. The van der Waals surface area contributed by atoms with E-state index < -0.39 is 26.1 Å². The zero-order valence-electron chi connectivity index (χ0n) is 12.7. The fourth-order valence-corrected chi connectivity index (χ4v) is 2.85. The lowest BCUT2D eigenvalue weighted by atomic mass is 10.3. The van der Waals surface area contributed by atoms with Gasteiger partial charge in [-0.15, -0.1) is 0 Å². The van der Waals surface area contributed by atoms with E-state index in [1.807, 2.05) is 0 Å². The highest BCUT2D eigenvalue weighted by Crippen LogP contribution is 2.42. The van der Waals surface area contributed by atoms with Crippen LogP contribution in [0.25, 0.3) is 0 Å². The summed E-state index contributed by atoms with van der Waals surface area (Å²) in [7, 11) is -2.13. The molecule has 3 nitrogen and oxygen atoms in total. The standard InChI is InChI=1S/C18H12F3O3P/c19-13-4-1-7-16(10-13)22-25(23-17-8-2-5-14(20)11-17)24-18-9-3-6-15(21)12-18/h1-12H. The highest BCUT2D eigenvalue weighted by Gasteiger charge is 2.20. The molecule has 0 radical (unpaired) electrons. The van der Waals surface area contributed by atoms with E-state index in [0.717, 1.165) is 18.2 Å². The lowest BCUT2D eigenvalue weighted by Gasteiger charge is -2.18. The number of benzene rings is 3. The van der Waals surface area contributed by atoms with Crippen LogP contribution in [0.4, 0.5) is 13.2 Å². The number of hydrogen-bond donors (Lipinski definition) is 0. The minimum Gasteiger partial charge on any atom is -0.408 e. The van der Waals surface area contributed by atoms with Crippen LogP contribution in [0, 0.1) is 17.5 Å². The van der Waals surface area contributed by atoms with Crippen LogP contribution in [0.1, 0.15) is 0 Å². The topological polar surface area (TPSA) is 27.7 Å². The summed E-state index contributed by atoms with van der Waals surface area (Å²) in [6.45, 7) is 0. The van der Waals surface area contributed by atoms with Gasteiger partial charge in [-0.3, -0.25) is 0 Å². The summed E-state index contributed by atoms with van der Waals surface area (Å²) in [5.41, 5.74) is 0. The van der Waals surface area contributed by atoms with Gasteiger partial charge in [-0.1, -0.05) is 18.2 Å². The van der Waals surface area contributed by atoms with Crippen molar-refractivity contribution in [3.63, 3.8) is 0 Å². The van der Waals surface area contributed by atoms with Gasteiger partial charge in [-0.05, 0) is 36.4 Å². The predicted octanol–water partition coefficient (Wildman–Crippen LogP) is 5.87. The second-order valence-electron chi connectivity index (χ2n) is 4.87. The molecule has 3 rings (SSSR count). The van der Waals surface area contributed by atoms with Crippen LogP contribution in [0.5, 0.6) is 17.2 Å². The smallest absolute Gasteiger partial charge is 0.408 e. The van der Waals surface area contributed by atoms with E-state index in [9.17, 15) is 13.2 Å². The molecular weight excluding hydrogens is 352 g/mol. The van der Waals surface area contributed by atoms with Crippen LogP contribution in [0.15, 0.2) is 72.8 Å². The molecule has 0 fully saturated rings. The Morgan fingerprint density at radius 1 is 0.520 bits per heavy atom. The van der Waals surface area contributed by atoms with Crippen molar-refractivity contribution < 1.29 is 26.7 Å². The van der Waals surface area contributed by atoms with Crippen LogP contribution in [-0.4, -0.2) is 0 Å². The van der Waals surface area contributed by atoms with Gasteiger partial charge in [0.15, 0.2) is 0 Å². The van der Waals surface area contributed by atoms with Crippen LogP contribution in [0.2, 0.25) is 0 Å². The molecule has 0 spiro atoms. The van der Waals surface area contributed by atoms with E-state index in [1.165, 1.54) is 54.6 Å². The second kappa shape index (κ2) is 7.90. The van der Waals surface area contributed by atoms with Gasteiger partial charge >= 0.3 is 8.60 Å². The average Bonchev–Trinajstić information content (AvgIpc) is 2.55. The molecule has 128 valence electrons. The van der Waals surface area contributed by atoms with Crippen molar-refractivity contribution in [1.82, 2.24) is 0 Å². The number of hydrogen-bond acceptors (Lipinski definition) is 3. The first kappa shape index (κ1) is 17.1. The maximum absolute atomic E-state index is 13.3. The largest absolute Gasteiger partial charge is 0.530 e. The van der Waals surface area contributed by atoms with E-state index in [4.69, 9.17) is 13.6 Å². The Hall–Kier alpha value is -2.72. The first-order chi connectivity index (χ1) is 12.1. The molecule has 0 aliphatic carbocycles. The van der Waals surface area contributed by atoms with E-state index in [1.54, 1.807) is 0 Å². The lowest BCUT2D eigenvalue weighted by molar-refractivity contribution is 0.385. The molecular formula is C18H12F3O3P. The summed E-state index contributed by atoms with van der Waals surface area (Å²) in [5.74, 6) is -0.992. The minimum atomic E-state index is -2.13. The van der Waals surface area contributed by atoms with Gasteiger partial charge in [0.05, 0.1) is 0 Å². The molecule has 3 aromatic carbocycles. The van der Waals surface area contributed by atoms with Crippen LogP contribution in [0.3, 0.4) is 0 Å². The maximum Gasteiger partial charge on any atom is 0.530 e. The zero-order valence-corrected chi connectivity index (χ0v) is 13.6. The third kappa shape index (κ3) is 5.13. The van der Waals surface area contributed by atoms with Crippen molar-refractivity contribution in [3.05, 3.63) is 90.2 Å². The molecule has 0 atom stereocenters. The molecule has 0 saturated carbocycles. The van der Waals surface area contributed by atoms with Gasteiger partial charge in [0.1, 0.15) is 34.7 Å². The molecule has 0 unspecified atom stereocenters. The van der Waals surface area contributed by atoms with Gasteiger partial charge in [0.25, 0.3) is 0 Å². The molecule has 0 heterocycles. The van der Waals surface area contributed by atoms with Crippen LogP contribution in [-0.2, 0) is 0 Å². The number of halogens is 3. The highest BCUT2D eigenvalue weighted by molar-refractivity contribution is 7.43. The molecule has 25 heavy (non-hydrogen) atoms. The first-order valence-corrected chi connectivity index (χ1v) is 8.29. The Morgan fingerprint density at radius 2 is 0.840 bits per heavy atom. The van der Waals surface area contributed by atoms with E-state index in [-0.39, 0.29) is 17.2 Å². The second-order valence-corrected chi connectivity index (χ2v) is 5.86. The molecule has 0 amide bonds. The molecule has 0 bridgehead atoms. The van der Waals surface area contributed by atoms with Crippen LogP contribution >= 0.6 is 8.60 Å². The van der Waals surface area contributed by atoms with Gasteiger partial charge < -0.3 is 13.6 Å². The Balaban J connectivity index is 1.82. The van der Waals surface area contributed by atoms with Crippen molar-refractivity contribution in [2.45, 2.75) is 0 Å². The summed E-state index contributed by atoms with van der Waals surface area (Å²) in [6.07, 6.45) is 0. The Labute approximate surface area is 143 Å². The summed E-state index contributed by atoms with van der Waals surface area (Å²) in [5, 5.41) is 0. The third-order valence-electron chi connectivity index (χ3n) is 2.93. The first-order valence-electron chi connectivity index (χ1n) is 7.19. The van der Waals surface area contributed by atoms with Gasteiger partial charge in [-0.2, -0.15) is 0 Å². The molecule has 0 aliphatic heterocycles. The Morgan fingerprint density at radius 3 is 1.12 bits per heavy atom. The summed E-state index contributed by atoms with van der Waals surface area (Å²) in [6, 6.07) is 16.2. The maximum atomic E-state index is 13.3. The summed E-state index contributed by atoms with van der Waals surface area (Å²) >= 11 is 0. The molecule has 0 aliphatic rings. The third-order valence-corrected chi connectivity index (χ3v) is 4.01.